The lowest BCUT2D eigenvalue weighted by molar-refractivity contribution is 0.531. The molecule has 0 unspecified atom stereocenters. The van der Waals surface area contributed by atoms with Gasteiger partial charge < -0.3 is 4.42 Å². The van der Waals surface area contributed by atoms with Crippen molar-refractivity contribution in [3.8, 4) is 0 Å². The fourth-order valence-corrected chi connectivity index (χ4v) is 0.961. The van der Waals surface area contributed by atoms with Crippen molar-refractivity contribution in [2.75, 3.05) is 0 Å². The van der Waals surface area contributed by atoms with Gasteiger partial charge in [-0.3, -0.25) is 0 Å². The van der Waals surface area contributed by atoms with Gasteiger partial charge in [0.25, 0.3) is 0 Å². The quantitative estimate of drug-likeness (QED) is 0.525. The van der Waals surface area contributed by atoms with Crippen LogP contribution >= 0.6 is 22.6 Å². The summed E-state index contributed by atoms with van der Waals surface area (Å²) in [5.41, 5.74) is 1.21. The van der Waals surface area contributed by atoms with Crippen molar-refractivity contribution in [2.45, 2.75) is 11.4 Å². The first-order valence-corrected chi connectivity index (χ1v) is 3.95. The minimum atomic E-state index is 0.964. The van der Waals surface area contributed by atoms with Crippen molar-refractivity contribution in [2.24, 2.45) is 0 Å². The second kappa shape index (κ2) is 2.53. The van der Waals surface area contributed by atoms with Crippen LogP contribution in [0.3, 0.4) is 0 Å². The van der Waals surface area contributed by atoms with E-state index in [2.05, 4.69) is 22.6 Å². The van der Waals surface area contributed by atoms with E-state index in [0.717, 1.165) is 10.2 Å². The maximum atomic E-state index is 5.11. The van der Waals surface area contributed by atoms with Crippen LogP contribution in [-0.4, -0.2) is 0 Å². The molecule has 0 amide bonds. The zero-order chi connectivity index (χ0) is 5.98. The second-order valence-electron chi connectivity index (χ2n) is 1.72. The molecule has 0 atom stereocenters. The predicted octanol–water partition coefficient (Wildman–Crippen LogP) is 2.52. The third kappa shape index (κ3) is 1.24. The van der Waals surface area contributed by atoms with Gasteiger partial charge in [-0.15, -0.1) is 0 Å². The average molecular weight is 222 g/mol. The fraction of sp³-hybridized carbons (Fsp3) is 0.333. The van der Waals surface area contributed by atoms with Crippen LogP contribution in [0.5, 0.6) is 0 Å². The summed E-state index contributed by atoms with van der Waals surface area (Å²) in [7, 11) is 0. The number of hydrogen-bond acceptors (Lipinski definition) is 1. The Morgan fingerprint density at radius 1 is 1.75 bits per heavy atom. The molecule has 1 heterocycles. The Kier molecular flexibility index (Phi) is 1.94. The number of alkyl halides is 1. The molecule has 0 spiro atoms. The molecule has 0 fully saturated rings. The molecule has 0 radical (unpaired) electrons. The van der Waals surface area contributed by atoms with Gasteiger partial charge in [-0.2, -0.15) is 0 Å². The summed E-state index contributed by atoms with van der Waals surface area (Å²) >= 11 is 2.27. The fourth-order valence-electron chi connectivity index (χ4n) is 0.561. The third-order valence-electron chi connectivity index (χ3n) is 0.917. The summed E-state index contributed by atoms with van der Waals surface area (Å²) < 4.78 is 6.07. The Morgan fingerprint density at radius 3 is 2.75 bits per heavy atom. The Hall–Kier alpha value is 0.01000. The van der Waals surface area contributed by atoms with Crippen LogP contribution in [-0.2, 0) is 4.43 Å². The smallest absolute Gasteiger partial charge is 0.113 e. The molecule has 0 saturated carbocycles. The largest absolute Gasteiger partial charge is 0.468 e. The molecule has 0 aliphatic rings. The zero-order valence-corrected chi connectivity index (χ0v) is 6.81. The SMILES string of the molecule is Cc1coc(CI)c1. The lowest BCUT2D eigenvalue weighted by Crippen LogP contribution is -1.63. The van der Waals surface area contributed by atoms with Gasteiger partial charge in [0.05, 0.1) is 10.7 Å². The highest BCUT2D eigenvalue weighted by molar-refractivity contribution is 14.1. The molecule has 0 bridgehead atoms. The number of halogens is 1. The number of rotatable bonds is 1. The van der Waals surface area contributed by atoms with Crippen molar-refractivity contribution < 1.29 is 4.42 Å². The van der Waals surface area contributed by atoms with Gasteiger partial charge in [0.2, 0.25) is 0 Å². The van der Waals surface area contributed by atoms with E-state index in [1.807, 2.05) is 13.0 Å². The van der Waals surface area contributed by atoms with E-state index in [0.29, 0.717) is 0 Å². The highest BCUT2D eigenvalue weighted by Crippen LogP contribution is 2.09. The standard InChI is InChI=1S/C6H7IO/c1-5-2-6(3-7)8-4-5/h2,4H,3H2,1H3. The van der Waals surface area contributed by atoms with E-state index in [-0.39, 0.29) is 0 Å². The van der Waals surface area contributed by atoms with Gasteiger partial charge in [0, 0.05) is 0 Å². The van der Waals surface area contributed by atoms with Crippen LogP contribution in [0.4, 0.5) is 0 Å². The molecule has 2 heteroatoms. The molecule has 44 valence electrons. The van der Waals surface area contributed by atoms with Crippen LogP contribution in [0.15, 0.2) is 16.7 Å². The van der Waals surface area contributed by atoms with E-state index < -0.39 is 0 Å². The van der Waals surface area contributed by atoms with E-state index >= 15 is 0 Å². The Balaban J connectivity index is 2.84. The highest BCUT2D eigenvalue weighted by Gasteiger charge is 1.92. The van der Waals surface area contributed by atoms with E-state index in [1.165, 1.54) is 5.56 Å². The molecule has 0 aliphatic carbocycles. The molecular weight excluding hydrogens is 215 g/mol. The maximum absolute atomic E-state index is 5.11. The second-order valence-corrected chi connectivity index (χ2v) is 2.49. The van der Waals surface area contributed by atoms with Crippen LogP contribution < -0.4 is 0 Å². The zero-order valence-electron chi connectivity index (χ0n) is 4.65. The Morgan fingerprint density at radius 2 is 2.50 bits per heavy atom. The summed E-state index contributed by atoms with van der Waals surface area (Å²) in [6, 6.07) is 2.05. The van der Waals surface area contributed by atoms with Crippen LogP contribution in [0.1, 0.15) is 11.3 Å². The first-order chi connectivity index (χ1) is 3.83. The van der Waals surface area contributed by atoms with E-state index in [4.69, 9.17) is 4.42 Å². The molecule has 0 N–H and O–H groups in total. The normalized spacial score (nSPS) is 9.75. The third-order valence-corrected chi connectivity index (χ3v) is 1.67. The monoisotopic (exact) mass is 222 g/mol. The summed E-state index contributed by atoms with van der Waals surface area (Å²) in [4.78, 5) is 0. The maximum Gasteiger partial charge on any atom is 0.113 e. The lowest BCUT2D eigenvalue weighted by atomic mass is 10.4. The predicted molar refractivity (Wildman–Crippen MR) is 41.2 cm³/mol. The van der Waals surface area contributed by atoms with Crippen molar-refractivity contribution in [3.63, 3.8) is 0 Å². The van der Waals surface area contributed by atoms with Crippen molar-refractivity contribution in [1.82, 2.24) is 0 Å². The van der Waals surface area contributed by atoms with Gasteiger partial charge in [0.1, 0.15) is 5.76 Å². The molecule has 1 rings (SSSR count). The Labute approximate surface area is 62.2 Å². The van der Waals surface area contributed by atoms with Crippen LogP contribution in [0.2, 0.25) is 0 Å². The van der Waals surface area contributed by atoms with Gasteiger partial charge in [-0.05, 0) is 18.6 Å². The molecule has 1 aromatic heterocycles. The first kappa shape index (κ1) is 6.13. The molecular formula is C6H7IO. The van der Waals surface area contributed by atoms with Gasteiger partial charge >= 0.3 is 0 Å². The van der Waals surface area contributed by atoms with Crippen LogP contribution in [0.25, 0.3) is 0 Å². The number of hydrogen-bond donors (Lipinski definition) is 0. The van der Waals surface area contributed by atoms with Crippen LogP contribution in [0, 0.1) is 6.92 Å². The lowest BCUT2D eigenvalue weighted by Gasteiger charge is -1.78. The number of aryl methyl sites for hydroxylation is 1. The summed E-state index contributed by atoms with van der Waals surface area (Å²) in [6.07, 6.45) is 1.77. The Bertz CT molecular complexity index is 169. The van der Waals surface area contributed by atoms with Gasteiger partial charge in [-0.25, -0.2) is 0 Å². The molecule has 0 saturated heterocycles. The number of furan rings is 1. The summed E-state index contributed by atoms with van der Waals surface area (Å²) in [6.45, 7) is 2.03. The van der Waals surface area contributed by atoms with E-state index in [9.17, 15) is 0 Å². The topological polar surface area (TPSA) is 13.1 Å². The van der Waals surface area contributed by atoms with Gasteiger partial charge in [-0.1, -0.05) is 22.6 Å². The van der Waals surface area contributed by atoms with Crippen molar-refractivity contribution in [1.29, 1.82) is 0 Å². The average Bonchev–Trinajstić information content (AvgIpc) is 2.14. The highest BCUT2D eigenvalue weighted by atomic mass is 127. The first-order valence-electron chi connectivity index (χ1n) is 2.43. The van der Waals surface area contributed by atoms with Gasteiger partial charge in [0.15, 0.2) is 0 Å². The van der Waals surface area contributed by atoms with Crippen molar-refractivity contribution >= 4 is 22.6 Å². The minimum absolute atomic E-state index is 0.964. The van der Waals surface area contributed by atoms with E-state index in [1.54, 1.807) is 6.26 Å². The molecule has 1 nitrogen and oxygen atoms in total. The molecule has 1 aromatic rings. The summed E-state index contributed by atoms with van der Waals surface area (Å²) in [5, 5.41) is 0. The summed E-state index contributed by atoms with van der Waals surface area (Å²) in [5.74, 6) is 1.06. The minimum Gasteiger partial charge on any atom is -0.468 e. The molecule has 0 aliphatic heterocycles. The van der Waals surface area contributed by atoms with Crippen molar-refractivity contribution in [3.05, 3.63) is 23.7 Å². The molecule has 0 aromatic carbocycles. The molecule has 8 heavy (non-hydrogen) atoms.